The molecule has 9 heteroatoms. The van der Waals surface area contributed by atoms with E-state index >= 15 is 0 Å². The molecule has 0 aliphatic heterocycles. The molecule has 0 radical (unpaired) electrons. The fraction of sp³-hybridized carbons (Fsp3) is 0.618. The van der Waals surface area contributed by atoms with Gasteiger partial charge in [-0.25, -0.2) is 0 Å². The Bertz CT molecular complexity index is 1370. The van der Waals surface area contributed by atoms with E-state index in [4.69, 9.17) is 9.41 Å². The van der Waals surface area contributed by atoms with Gasteiger partial charge in [0.1, 0.15) is 6.10 Å². The number of alkyl halides is 5. The van der Waals surface area contributed by atoms with Crippen LogP contribution in [0.25, 0.3) is 0 Å². The normalized spacial score (nSPS) is 20.2. The number of rotatable bonds is 7. The van der Waals surface area contributed by atoms with Crippen LogP contribution in [0.5, 0.6) is 0 Å². The molecule has 0 fully saturated rings. The number of hydrogen-bond acceptors (Lipinski definition) is 3. The predicted molar refractivity (Wildman–Crippen MR) is 163 cm³/mol. The van der Waals surface area contributed by atoms with Crippen molar-refractivity contribution in [2.45, 2.75) is 129 Å². The van der Waals surface area contributed by atoms with Crippen molar-refractivity contribution in [3.63, 3.8) is 0 Å². The highest BCUT2D eigenvalue weighted by Crippen LogP contribution is 2.50. The molecule has 0 spiro atoms. The third-order valence-electron chi connectivity index (χ3n) is 9.63. The molecule has 2 atom stereocenters. The van der Waals surface area contributed by atoms with Gasteiger partial charge in [-0.2, -0.15) is 22.0 Å². The minimum atomic E-state index is -5.71. The van der Waals surface area contributed by atoms with Crippen LogP contribution < -0.4 is 0 Å². The summed E-state index contributed by atoms with van der Waals surface area (Å²) in [5, 5.41) is 11.9. The van der Waals surface area contributed by atoms with E-state index in [1.54, 1.807) is 0 Å². The maximum Gasteiger partial charge on any atom is 0.458 e. The number of aromatic nitrogens is 1. The van der Waals surface area contributed by atoms with E-state index < -0.39 is 32.1 Å². The van der Waals surface area contributed by atoms with Crippen molar-refractivity contribution in [1.82, 2.24) is 4.98 Å². The van der Waals surface area contributed by atoms with Crippen LogP contribution in [-0.2, 0) is 23.2 Å². The number of halogens is 5. The van der Waals surface area contributed by atoms with Crippen molar-refractivity contribution in [1.29, 1.82) is 0 Å². The highest BCUT2D eigenvalue weighted by atomic mass is 28.4. The third-order valence-corrected chi connectivity index (χ3v) is 14.0. The van der Waals surface area contributed by atoms with Crippen LogP contribution in [0.1, 0.15) is 125 Å². The van der Waals surface area contributed by atoms with Crippen LogP contribution in [0.4, 0.5) is 22.0 Å². The van der Waals surface area contributed by atoms with Crippen molar-refractivity contribution in [2.24, 2.45) is 5.41 Å². The van der Waals surface area contributed by atoms with Gasteiger partial charge in [0.2, 0.25) is 8.32 Å². The Morgan fingerprint density at radius 1 is 1.02 bits per heavy atom. The number of fused-ring (bicyclic) bond motifs is 1. The summed E-state index contributed by atoms with van der Waals surface area (Å²) < 4.78 is 74.1. The molecule has 3 nitrogen and oxygen atoms in total. The molecule has 43 heavy (non-hydrogen) atoms. The van der Waals surface area contributed by atoms with Gasteiger partial charge in [-0.1, -0.05) is 72.7 Å². The predicted octanol–water partition coefficient (Wildman–Crippen LogP) is 10.2. The first-order valence-corrected chi connectivity index (χ1v) is 18.2. The first-order chi connectivity index (χ1) is 19.6. The van der Waals surface area contributed by atoms with E-state index in [-0.39, 0.29) is 27.9 Å². The van der Waals surface area contributed by atoms with Crippen LogP contribution in [0, 0.1) is 5.41 Å². The van der Waals surface area contributed by atoms with Gasteiger partial charge in [0.25, 0.3) is 0 Å². The molecular weight excluding hydrogens is 577 g/mol. The molecule has 0 saturated heterocycles. The maximum atomic E-state index is 14.1. The molecule has 238 valence electrons. The van der Waals surface area contributed by atoms with Crippen LogP contribution in [-0.4, -0.2) is 24.6 Å². The van der Waals surface area contributed by atoms with E-state index in [0.29, 0.717) is 5.56 Å². The molecule has 2 aliphatic rings. The zero-order valence-corrected chi connectivity index (χ0v) is 27.8. The second kappa shape index (κ2) is 11.3. The van der Waals surface area contributed by atoms with Crippen LogP contribution >= 0.6 is 0 Å². The summed E-state index contributed by atoms with van der Waals surface area (Å²) >= 11 is 0. The van der Waals surface area contributed by atoms with Gasteiger partial charge >= 0.3 is 12.1 Å². The summed E-state index contributed by atoms with van der Waals surface area (Å²) in [6.45, 7) is 19.5. The zero-order chi connectivity index (χ0) is 32.3. The molecule has 1 heterocycles. The number of benzene rings is 1. The SMILES string of the molecule is CC(C)c1nc2c(c([C@@H]3CCC=C3O[Si](C)(C)C(C)(C)C)c1[C@H](O)c1ccc(C(F)(F)C(F)(F)F)cc1)CCC(C)(C)C2. The molecule has 0 amide bonds. The second-order valence-corrected chi connectivity index (χ2v) is 19.7. The van der Waals surface area contributed by atoms with Gasteiger partial charge in [-0.05, 0) is 84.3 Å². The Hall–Kier alpha value is -2.26. The lowest BCUT2D eigenvalue weighted by molar-refractivity contribution is -0.289. The van der Waals surface area contributed by atoms with Crippen molar-refractivity contribution in [3.05, 3.63) is 75.3 Å². The Balaban J connectivity index is 1.90. The van der Waals surface area contributed by atoms with Crippen LogP contribution in [0.15, 0.2) is 36.1 Å². The van der Waals surface area contributed by atoms with Crippen LogP contribution in [0.3, 0.4) is 0 Å². The number of pyridine rings is 1. The number of nitrogens with zero attached hydrogens (tertiary/aromatic N) is 1. The molecule has 1 N–H and O–H groups in total. The number of aliphatic hydroxyl groups excluding tert-OH is 1. The van der Waals surface area contributed by atoms with E-state index in [9.17, 15) is 27.1 Å². The van der Waals surface area contributed by atoms with Gasteiger partial charge in [-0.3, -0.25) is 4.98 Å². The van der Waals surface area contributed by atoms with Crippen molar-refractivity contribution >= 4 is 8.32 Å². The minimum Gasteiger partial charge on any atom is -0.546 e. The summed E-state index contributed by atoms with van der Waals surface area (Å²) in [4.78, 5) is 5.13. The second-order valence-electron chi connectivity index (χ2n) is 14.9. The van der Waals surface area contributed by atoms with Gasteiger partial charge < -0.3 is 9.53 Å². The Kier molecular flexibility index (Phi) is 8.81. The molecule has 1 aromatic heterocycles. The largest absolute Gasteiger partial charge is 0.546 e. The van der Waals surface area contributed by atoms with Gasteiger partial charge in [0, 0.05) is 28.4 Å². The Labute approximate surface area is 254 Å². The molecule has 0 unspecified atom stereocenters. The maximum absolute atomic E-state index is 14.1. The van der Waals surface area contributed by atoms with E-state index in [1.165, 1.54) is 12.1 Å². The smallest absolute Gasteiger partial charge is 0.458 e. The molecule has 1 aromatic carbocycles. The summed E-state index contributed by atoms with van der Waals surface area (Å²) in [6, 6.07) is 3.87. The lowest BCUT2D eigenvalue weighted by atomic mass is 9.71. The number of hydrogen-bond donors (Lipinski definition) is 1. The average Bonchev–Trinajstić information content (AvgIpc) is 3.32. The summed E-state index contributed by atoms with van der Waals surface area (Å²) in [7, 11) is -2.20. The molecule has 2 aromatic rings. The quantitative estimate of drug-likeness (QED) is 0.247. The highest BCUT2D eigenvalue weighted by Gasteiger charge is 2.58. The Morgan fingerprint density at radius 3 is 2.16 bits per heavy atom. The molecule has 4 rings (SSSR count). The Morgan fingerprint density at radius 2 is 1.63 bits per heavy atom. The fourth-order valence-corrected chi connectivity index (χ4v) is 7.13. The molecular formula is C34H46F5NO2Si. The summed E-state index contributed by atoms with van der Waals surface area (Å²) in [5.41, 5.74) is 3.62. The van der Waals surface area contributed by atoms with Gasteiger partial charge in [0.15, 0.2) is 0 Å². The lowest BCUT2D eigenvalue weighted by Gasteiger charge is -2.40. The molecule has 0 saturated carbocycles. The standard InChI is InChI=1S/C34H46F5NO2Si/c1-20(2)29-28(30(41)21-13-15-22(16-14-21)33(35,36)34(37,38)39)27(23-17-18-32(6,7)19-25(23)40-29)24-11-10-12-26(24)42-43(8,9)31(3,4)5/h12-16,20,24,30,41H,10-11,17-19H2,1-9H3/t24-,30-/m1/s1. The number of aliphatic hydroxyl groups is 1. The van der Waals surface area contributed by atoms with Crippen molar-refractivity contribution in [3.8, 4) is 0 Å². The topological polar surface area (TPSA) is 42.4 Å². The van der Waals surface area contributed by atoms with Crippen molar-refractivity contribution in [2.75, 3.05) is 0 Å². The highest BCUT2D eigenvalue weighted by molar-refractivity contribution is 6.74. The fourth-order valence-electron chi connectivity index (χ4n) is 6.01. The summed E-state index contributed by atoms with van der Waals surface area (Å²) in [6.07, 6.45) is -0.668. The van der Waals surface area contributed by atoms with Crippen LogP contribution in [0.2, 0.25) is 18.1 Å². The van der Waals surface area contributed by atoms with E-state index in [2.05, 4.69) is 53.8 Å². The number of allylic oxidation sites excluding steroid dienone is 2. The van der Waals surface area contributed by atoms with Gasteiger partial charge in [0.05, 0.1) is 5.76 Å². The zero-order valence-electron chi connectivity index (χ0n) is 26.8. The van der Waals surface area contributed by atoms with E-state index in [0.717, 1.165) is 72.5 Å². The lowest BCUT2D eigenvalue weighted by Crippen LogP contribution is -2.41. The summed E-state index contributed by atoms with van der Waals surface area (Å²) in [5.74, 6) is -4.26. The molecule has 0 bridgehead atoms. The average molecular weight is 624 g/mol. The third kappa shape index (κ3) is 6.44. The first kappa shape index (κ1) is 33.6. The van der Waals surface area contributed by atoms with Gasteiger partial charge in [-0.15, -0.1) is 0 Å². The minimum absolute atomic E-state index is 0.0195. The monoisotopic (exact) mass is 623 g/mol. The first-order valence-electron chi connectivity index (χ1n) is 15.2. The van der Waals surface area contributed by atoms with Crippen molar-refractivity contribution < 1.29 is 31.5 Å². The van der Waals surface area contributed by atoms with E-state index in [1.807, 2.05) is 13.8 Å². The molecule has 2 aliphatic carbocycles.